The van der Waals surface area contributed by atoms with E-state index in [1.165, 1.54) is 0 Å². The number of anilines is 1. The van der Waals surface area contributed by atoms with E-state index >= 15 is 0 Å². The van der Waals surface area contributed by atoms with Crippen LogP contribution >= 0.6 is 0 Å². The molecular weight excluding hydrogens is 318 g/mol. The lowest BCUT2D eigenvalue weighted by molar-refractivity contribution is 0.0928. The summed E-state index contributed by atoms with van der Waals surface area (Å²) in [5.41, 5.74) is 0.538. The Labute approximate surface area is 136 Å². The zero-order valence-corrected chi connectivity index (χ0v) is 13.9. The van der Waals surface area contributed by atoms with Crippen molar-refractivity contribution in [1.82, 2.24) is 10.6 Å². The predicted molar refractivity (Wildman–Crippen MR) is 88.8 cm³/mol. The van der Waals surface area contributed by atoms with E-state index in [1.807, 2.05) is 0 Å². The Morgan fingerprint density at radius 3 is 2.74 bits per heavy atom. The second-order valence-electron chi connectivity index (χ2n) is 5.66. The average molecular weight is 341 g/mol. The Morgan fingerprint density at radius 1 is 1.35 bits per heavy atom. The lowest BCUT2D eigenvalue weighted by Gasteiger charge is -2.16. The number of hydrogen-bond acceptors (Lipinski definition) is 5. The van der Waals surface area contributed by atoms with Crippen LogP contribution in [0.3, 0.4) is 0 Å². The number of aliphatic hydroxyl groups is 1. The van der Waals surface area contributed by atoms with Gasteiger partial charge in [-0.3, -0.25) is 9.52 Å². The van der Waals surface area contributed by atoms with E-state index in [9.17, 15) is 18.3 Å². The number of rotatable bonds is 7. The summed E-state index contributed by atoms with van der Waals surface area (Å²) in [6.45, 7) is 3.28. The molecule has 2 atom stereocenters. The Morgan fingerprint density at radius 2 is 2.09 bits per heavy atom. The summed E-state index contributed by atoms with van der Waals surface area (Å²) >= 11 is 0. The molecule has 0 radical (unpaired) electrons. The summed E-state index contributed by atoms with van der Waals surface area (Å²) in [5, 5.41) is 15.5. The number of nitrogens with one attached hydrogen (secondary N) is 3. The molecule has 0 aliphatic carbocycles. The second-order valence-corrected chi connectivity index (χ2v) is 7.50. The third kappa shape index (κ3) is 4.92. The molecule has 23 heavy (non-hydrogen) atoms. The van der Waals surface area contributed by atoms with Crippen LogP contribution < -0.4 is 15.4 Å². The smallest absolute Gasteiger partial charge is 0.253 e. The van der Waals surface area contributed by atoms with Gasteiger partial charge in [-0.15, -0.1) is 0 Å². The molecule has 2 rings (SSSR count). The van der Waals surface area contributed by atoms with Crippen LogP contribution in [0.25, 0.3) is 0 Å². The molecule has 1 aliphatic rings. The molecule has 1 aromatic rings. The largest absolute Gasteiger partial charge is 0.391 e. The number of β-amino-alcohol motifs (C(OH)–C–C–N with tert-alkyl or cyclic N) is 1. The first-order chi connectivity index (χ1) is 10.9. The normalized spacial score (nSPS) is 21.1. The first-order valence-electron chi connectivity index (χ1n) is 7.69. The van der Waals surface area contributed by atoms with E-state index in [2.05, 4.69) is 15.4 Å². The van der Waals surface area contributed by atoms with Crippen molar-refractivity contribution in [2.24, 2.45) is 5.92 Å². The molecular formula is C15H23N3O4S. The van der Waals surface area contributed by atoms with Crippen molar-refractivity contribution in [2.45, 2.75) is 19.4 Å². The van der Waals surface area contributed by atoms with Crippen molar-refractivity contribution in [3.8, 4) is 0 Å². The van der Waals surface area contributed by atoms with Gasteiger partial charge in [-0.05, 0) is 18.6 Å². The second kappa shape index (κ2) is 7.76. The molecule has 7 nitrogen and oxygen atoms in total. The molecule has 0 spiro atoms. The topological polar surface area (TPSA) is 108 Å². The van der Waals surface area contributed by atoms with Crippen LogP contribution in [0.15, 0.2) is 24.3 Å². The first kappa shape index (κ1) is 17.7. The molecule has 1 amide bonds. The monoisotopic (exact) mass is 341 g/mol. The molecule has 128 valence electrons. The van der Waals surface area contributed by atoms with Gasteiger partial charge >= 0.3 is 0 Å². The number of para-hydroxylation sites is 1. The molecule has 1 fully saturated rings. The molecule has 2 unspecified atom stereocenters. The lowest BCUT2D eigenvalue weighted by Crippen LogP contribution is -2.34. The summed E-state index contributed by atoms with van der Waals surface area (Å²) in [6, 6.07) is 6.49. The average Bonchev–Trinajstić information content (AvgIpc) is 2.90. The quantitative estimate of drug-likeness (QED) is 0.565. The minimum Gasteiger partial charge on any atom is -0.391 e. The van der Waals surface area contributed by atoms with Gasteiger partial charge in [-0.2, -0.15) is 0 Å². The van der Waals surface area contributed by atoms with Gasteiger partial charge in [0.05, 0.1) is 23.1 Å². The Bertz CT molecular complexity index is 648. The maximum absolute atomic E-state index is 12.3. The van der Waals surface area contributed by atoms with Gasteiger partial charge in [0.2, 0.25) is 10.0 Å². The number of carbonyl (C=O) groups excluding carboxylic acids is 1. The van der Waals surface area contributed by atoms with Crippen LogP contribution in [0.5, 0.6) is 0 Å². The van der Waals surface area contributed by atoms with Gasteiger partial charge in [-0.25, -0.2) is 8.42 Å². The maximum atomic E-state index is 12.3. The highest BCUT2D eigenvalue weighted by atomic mass is 32.2. The zero-order chi connectivity index (χ0) is 16.9. The summed E-state index contributed by atoms with van der Waals surface area (Å²) in [5.74, 6) is -0.398. The van der Waals surface area contributed by atoms with Crippen LogP contribution in [-0.4, -0.2) is 50.9 Å². The van der Waals surface area contributed by atoms with Crippen LogP contribution in [-0.2, 0) is 10.0 Å². The number of benzene rings is 1. The zero-order valence-electron chi connectivity index (χ0n) is 13.1. The Balaban J connectivity index is 2.05. The summed E-state index contributed by atoms with van der Waals surface area (Å²) in [4.78, 5) is 12.3. The van der Waals surface area contributed by atoms with Crippen molar-refractivity contribution >= 4 is 21.6 Å². The van der Waals surface area contributed by atoms with Crippen molar-refractivity contribution in [1.29, 1.82) is 0 Å². The number of aliphatic hydroxyl groups excluding tert-OH is 1. The van der Waals surface area contributed by atoms with E-state index in [1.54, 1.807) is 31.2 Å². The summed E-state index contributed by atoms with van der Waals surface area (Å²) in [6.07, 6.45) is 0.0181. The molecule has 8 heteroatoms. The standard InChI is InChI=1S/C15H23N3O4S/c1-2-7-23(21,22)18-13-6-4-3-5-12(13)15(20)17-9-11-8-16-10-14(11)19/h3-6,11,14,16,18-19H,2,7-10H2,1H3,(H,17,20). The predicted octanol–water partition coefficient (Wildman–Crippen LogP) is 0.148. The van der Waals surface area contributed by atoms with Crippen molar-refractivity contribution < 1.29 is 18.3 Å². The van der Waals surface area contributed by atoms with E-state index in [-0.39, 0.29) is 28.8 Å². The molecule has 1 saturated heterocycles. The molecule has 4 N–H and O–H groups in total. The van der Waals surface area contributed by atoms with Crippen LogP contribution in [0.4, 0.5) is 5.69 Å². The van der Waals surface area contributed by atoms with Gasteiger partial charge in [0.15, 0.2) is 0 Å². The van der Waals surface area contributed by atoms with Gasteiger partial charge in [0.1, 0.15) is 0 Å². The molecule has 1 aromatic carbocycles. The third-order valence-electron chi connectivity index (χ3n) is 3.74. The van der Waals surface area contributed by atoms with E-state index in [0.717, 1.165) is 0 Å². The van der Waals surface area contributed by atoms with Gasteiger partial charge in [0.25, 0.3) is 5.91 Å². The highest BCUT2D eigenvalue weighted by molar-refractivity contribution is 7.92. The van der Waals surface area contributed by atoms with Crippen LogP contribution in [0.1, 0.15) is 23.7 Å². The van der Waals surface area contributed by atoms with Crippen molar-refractivity contribution in [3.05, 3.63) is 29.8 Å². The minimum absolute atomic E-state index is 0.00287. The first-order valence-corrected chi connectivity index (χ1v) is 9.34. The fourth-order valence-corrected chi connectivity index (χ4v) is 3.66. The van der Waals surface area contributed by atoms with E-state index < -0.39 is 16.1 Å². The van der Waals surface area contributed by atoms with E-state index in [4.69, 9.17) is 0 Å². The van der Waals surface area contributed by atoms with Crippen LogP contribution in [0.2, 0.25) is 0 Å². The minimum atomic E-state index is -3.46. The number of hydrogen-bond donors (Lipinski definition) is 4. The molecule has 0 bridgehead atoms. The van der Waals surface area contributed by atoms with E-state index in [0.29, 0.717) is 26.1 Å². The van der Waals surface area contributed by atoms with Gasteiger partial charge in [-0.1, -0.05) is 19.1 Å². The highest BCUT2D eigenvalue weighted by Crippen LogP contribution is 2.17. The molecule has 0 aromatic heterocycles. The molecule has 1 aliphatic heterocycles. The molecule has 0 saturated carbocycles. The Kier molecular flexibility index (Phi) is 5.97. The third-order valence-corrected chi connectivity index (χ3v) is 5.22. The summed E-state index contributed by atoms with van der Waals surface area (Å²) < 4.78 is 26.3. The SMILES string of the molecule is CCCS(=O)(=O)Nc1ccccc1C(=O)NCC1CNCC1O. The van der Waals surface area contributed by atoms with Crippen molar-refractivity contribution in [3.63, 3.8) is 0 Å². The highest BCUT2D eigenvalue weighted by Gasteiger charge is 2.25. The maximum Gasteiger partial charge on any atom is 0.253 e. The van der Waals surface area contributed by atoms with Crippen LogP contribution in [0, 0.1) is 5.92 Å². The Hall–Kier alpha value is -1.64. The van der Waals surface area contributed by atoms with Gasteiger partial charge in [0, 0.05) is 25.6 Å². The summed E-state index contributed by atoms with van der Waals surface area (Å²) in [7, 11) is -3.46. The molecule has 1 heterocycles. The number of sulfonamides is 1. The van der Waals surface area contributed by atoms with Crippen molar-refractivity contribution in [2.75, 3.05) is 30.1 Å². The lowest BCUT2D eigenvalue weighted by atomic mass is 10.1. The van der Waals surface area contributed by atoms with Gasteiger partial charge < -0.3 is 15.7 Å². The number of amides is 1. The number of carbonyl (C=O) groups is 1. The fraction of sp³-hybridized carbons (Fsp3) is 0.533. The fourth-order valence-electron chi connectivity index (χ4n) is 2.50.